The van der Waals surface area contributed by atoms with E-state index in [0.29, 0.717) is 22.5 Å². The highest BCUT2D eigenvalue weighted by Gasteiger charge is 2.21. The second-order valence-corrected chi connectivity index (χ2v) is 11.7. The Morgan fingerprint density at radius 2 is 1.74 bits per heavy atom. The molecule has 0 fully saturated rings. The number of aryl methyl sites for hydroxylation is 4. The summed E-state index contributed by atoms with van der Waals surface area (Å²) in [5.74, 6) is 1.28. The summed E-state index contributed by atoms with van der Waals surface area (Å²) in [6.45, 7) is 14.5. The summed E-state index contributed by atoms with van der Waals surface area (Å²) in [6.07, 6.45) is 3.62. The molecule has 4 aromatic rings. The Balaban J connectivity index is 1.76. The number of nitrogens with zero attached hydrogens (tertiary/aromatic N) is 4. The molecule has 35 heavy (non-hydrogen) atoms. The van der Waals surface area contributed by atoms with Crippen molar-refractivity contribution in [2.75, 3.05) is 0 Å². The van der Waals surface area contributed by atoms with Gasteiger partial charge in [0.05, 0.1) is 17.1 Å². The first-order chi connectivity index (χ1) is 16.5. The third kappa shape index (κ3) is 5.23. The highest BCUT2D eigenvalue weighted by Crippen LogP contribution is 2.29. The minimum atomic E-state index is -0.189. The zero-order valence-corrected chi connectivity index (χ0v) is 23.5. The number of aromatic nitrogens is 4. The molecular formula is C27H29BrN4O2S. The molecule has 0 atom stereocenters. The quantitative estimate of drug-likeness (QED) is 0.278. The zero-order chi connectivity index (χ0) is 25.5. The van der Waals surface area contributed by atoms with Gasteiger partial charge in [-0.3, -0.25) is 14.3 Å². The lowest BCUT2D eigenvalue weighted by Gasteiger charge is -2.19. The maximum absolute atomic E-state index is 13.5. The second-order valence-electron chi connectivity index (χ2n) is 9.79. The van der Waals surface area contributed by atoms with Gasteiger partial charge in [0.15, 0.2) is 0 Å². The molecule has 182 valence electrons. The largest absolute Gasteiger partial charge is 0.487 e. The van der Waals surface area contributed by atoms with Crippen LogP contribution in [0.15, 0.2) is 45.2 Å². The molecule has 4 aromatic heterocycles. The molecule has 0 aliphatic rings. The van der Waals surface area contributed by atoms with E-state index in [0.717, 1.165) is 39.6 Å². The lowest BCUT2D eigenvalue weighted by Crippen LogP contribution is -2.23. The molecule has 0 bridgehead atoms. The molecular weight excluding hydrogens is 524 g/mol. The van der Waals surface area contributed by atoms with Crippen LogP contribution in [0.1, 0.15) is 53.9 Å². The molecule has 4 heterocycles. The van der Waals surface area contributed by atoms with Crippen LogP contribution in [0.3, 0.4) is 0 Å². The van der Waals surface area contributed by atoms with Crippen molar-refractivity contribution >= 4 is 27.3 Å². The van der Waals surface area contributed by atoms with E-state index < -0.39 is 0 Å². The Labute approximate surface area is 218 Å². The first kappa shape index (κ1) is 25.3. The van der Waals surface area contributed by atoms with Gasteiger partial charge < -0.3 is 4.74 Å². The number of pyridine rings is 2. The lowest BCUT2D eigenvalue weighted by atomic mass is 9.95. The van der Waals surface area contributed by atoms with Crippen molar-refractivity contribution in [3.8, 4) is 22.8 Å². The Morgan fingerprint density at radius 3 is 2.40 bits per heavy atom. The normalized spacial score (nSPS) is 11.7. The van der Waals surface area contributed by atoms with E-state index in [1.54, 1.807) is 22.1 Å². The van der Waals surface area contributed by atoms with Crippen molar-refractivity contribution < 1.29 is 4.74 Å². The number of ether oxygens (including phenoxy) is 1. The van der Waals surface area contributed by atoms with Crippen molar-refractivity contribution in [1.82, 2.24) is 19.5 Å². The van der Waals surface area contributed by atoms with E-state index >= 15 is 0 Å². The molecule has 8 heteroatoms. The Morgan fingerprint density at radius 1 is 1.03 bits per heavy atom. The lowest BCUT2D eigenvalue weighted by molar-refractivity contribution is 0.303. The SMILES string of the molecule is Cc1cc(COc2cc(C)n(-c3cc(-c4nc(C(C)(C)C)ncc4C)ncc3C)c(=O)c2Br)cs1. The summed E-state index contributed by atoms with van der Waals surface area (Å²) in [5, 5.41) is 2.07. The summed E-state index contributed by atoms with van der Waals surface area (Å²) in [6, 6.07) is 5.90. The van der Waals surface area contributed by atoms with Gasteiger partial charge in [0.25, 0.3) is 5.56 Å². The molecule has 0 spiro atoms. The van der Waals surface area contributed by atoms with Gasteiger partial charge in [-0.1, -0.05) is 20.8 Å². The highest BCUT2D eigenvalue weighted by molar-refractivity contribution is 9.10. The van der Waals surface area contributed by atoms with Crippen molar-refractivity contribution in [2.45, 2.75) is 60.5 Å². The molecule has 0 aliphatic heterocycles. The molecule has 0 saturated carbocycles. The van der Waals surface area contributed by atoms with Crippen LogP contribution in [-0.4, -0.2) is 19.5 Å². The van der Waals surface area contributed by atoms with Gasteiger partial charge in [0.1, 0.15) is 22.7 Å². The standard InChI is InChI=1S/C27H29BrN4O2S/c1-15-11-29-20(24-16(2)12-30-26(31-24)27(5,6)7)10-21(15)32-17(3)8-22(23(28)25(32)33)34-13-19-9-18(4)35-14-19/h8-12,14H,13H2,1-7H3. The van der Waals surface area contributed by atoms with Crippen LogP contribution in [0.25, 0.3) is 17.1 Å². The summed E-state index contributed by atoms with van der Waals surface area (Å²) >= 11 is 5.16. The molecule has 0 aromatic carbocycles. The van der Waals surface area contributed by atoms with E-state index in [4.69, 9.17) is 9.72 Å². The fraction of sp³-hybridized carbons (Fsp3) is 0.333. The molecule has 0 N–H and O–H groups in total. The fourth-order valence-corrected chi connectivity index (χ4v) is 4.87. The molecule has 0 saturated heterocycles. The predicted molar refractivity (Wildman–Crippen MR) is 145 cm³/mol. The van der Waals surface area contributed by atoms with Gasteiger partial charge in [-0.15, -0.1) is 11.3 Å². The van der Waals surface area contributed by atoms with Crippen LogP contribution in [0, 0.1) is 27.7 Å². The van der Waals surface area contributed by atoms with Gasteiger partial charge in [0.2, 0.25) is 0 Å². The smallest absolute Gasteiger partial charge is 0.273 e. The zero-order valence-electron chi connectivity index (χ0n) is 21.1. The minimum absolute atomic E-state index is 0.184. The Bertz CT molecular complexity index is 1470. The molecule has 6 nitrogen and oxygen atoms in total. The maximum Gasteiger partial charge on any atom is 0.273 e. The summed E-state index contributed by atoms with van der Waals surface area (Å²) < 4.78 is 8.07. The van der Waals surface area contributed by atoms with Crippen molar-refractivity contribution in [1.29, 1.82) is 0 Å². The van der Waals surface area contributed by atoms with Crippen LogP contribution in [0.2, 0.25) is 0 Å². The maximum atomic E-state index is 13.5. The van der Waals surface area contributed by atoms with Gasteiger partial charge in [-0.2, -0.15) is 0 Å². The van der Waals surface area contributed by atoms with Crippen LogP contribution in [0.4, 0.5) is 0 Å². The molecule has 0 unspecified atom stereocenters. The van der Waals surface area contributed by atoms with Crippen LogP contribution >= 0.6 is 27.3 Å². The Hall–Kier alpha value is -2.84. The third-order valence-electron chi connectivity index (χ3n) is 5.68. The highest BCUT2D eigenvalue weighted by atomic mass is 79.9. The molecule has 0 radical (unpaired) electrons. The first-order valence-corrected chi connectivity index (χ1v) is 13.0. The fourth-order valence-electron chi connectivity index (χ4n) is 3.77. The van der Waals surface area contributed by atoms with Crippen LogP contribution < -0.4 is 10.3 Å². The van der Waals surface area contributed by atoms with Gasteiger partial charge in [-0.25, -0.2) is 9.97 Å². The number of rotatable bonds is 5. The van der Waals surface area contributed by atoms with Gasteiger partial charge in [0, 0.05) is 40.0 Å². The number of hydrogen-bond acceptors (Lipinski definition) is 6. The Kier molecular flexibility index (Phi) is 6.97. The van der Waals surface area contributed by atoms with E-state index in [1.165, 1.54) is 4.88 Å². The summed E-state index contributed by atoms with van der Waals surface area (Å²) in [7, 11) is 0. The molecule has 4 rings (SSSR count). The summed E-state index contributed by atoms with van der Waals surface area (Å²) in [5.41, 5.74) is 5.52. The van der Waals surface area contributed by atoms with Crippen LogP contribution in [0.5, 0.6) is 5.75 Å². The average Bonchev–Trinajstić information content (AvgIpc) is 3.21. The third-order valence-corrected chi connectivity index (χ3v) is 7.32. The number of halogens is 1. The van der Waals surface area contributed by atoms with E-state index in [-0.39, 0.29) is 11.0 Å². The number of hydrogen-bond donors (Lipinski definition) is 0. The second kappa shape index (κ2) is 9.66. The topological polar surface area (TPSA) is 69.9 Å². The minimum Gasteiger partial charge on any atom is -0.487 e. The first-order valence-electron chi connectivity index (χ1n) is 11.4. The monoisotopic (exact) mass is 552 g/mol. The predicted octanol–water partition coefficient (Wildman–Crippen LogP) is 6.62. The summed E-state index contributed by atoms with van der Waals surface area (Å²) in [4.78, 5) is 28.7. The van der Waals surface area contributed by atoms with Crippen LogP contribution in [-0.2, 0) is 12.0 Å². The molecule has 0 aliphatic carbocycles. The number of thiophene rings is 1. The average molecular weight is 554 g/mol. The van der Waals surface area contributed by atoms with E-state index in [1.807, 2.05) is 39.1 Å². The van der Waals surface area contributed by atoms with Crippen molar-refractivity contribution in [3.05, 3.63) is 83.9 Å². The molecule has 0 amide bonds. The van der Waals surface area contributed by atoms with E-state index in [9.17, 15) is 4.79 Å². The van der Waals surface area contributed by atoms with Gasteiger partial charge in [-0.05, 0) is 72.3 Å². The van der Waals surface area contributed by atoms with Gasteiger partial charge >= 0.3 is 0 Å². The van der Waals surface area contributed by atoms with Crippen molar-refractivity contribution in [2.24, 2.45) is 0 Å². The van der Waals surface area contributed by atoms with E-state index in [2.05, 4.69) is 65.0 Å². The van der Waals surface area contributed by atoms with Crippen molar-refractivity contribution in [3.63, 3.8) is 0 Å².